The smallest absolute Gasteiger partial charge is 0.0696 e. The second-order valence-corrected chi connectivity index (χ2v) is 6.41. The van der Waals surface area contributed by atoms with Crippen LogP contribution in [-0.4, -0.2) is 22.9 Å². The van der Waals surface area contributed by atoms with Crippen molar-refractivity contribution >= 4 is 0 Å². The van der Waals surface area contributed by atoms with E-state index in [4.69, 9.17) is 9.84 Å². The molecule has 0 aromatic carbocycles. The van der Waals surface area contributed by atoms with Gasteiger partial charge in [0.2, 0.25) is 0 Å². The van der Waals surface area contributed by atoms with Gasteiger partial charge in [-0.2, -0.15) is 0 Å². The summed E-state index contributed by atoms with van der Waals surface area (Å²) in [4.78, 5) is 0. The van der Waals surface area contributed by atoms with Crippen molar-refractivity contribution in [2.75, 3.05) is 6.61 Å². The Morgan fingerprint density at radius 1 is 1.47 bits per heavy atom. The van der Waals surface area contributed by atoms with E-state index >= 15 is 0 Å². The molecular formula is C15H26O2. The number of ether oxygens (including phenoxy) is 1. The van der Waals surface area contributed by atoms with Gasteiger partial charge >= 0.3 is 0 Å². The summed E-state index contributed by atoms with van der Waals surface area (Å²) in [5, 5.41) is 8.98. The Morgan fingerprint density at radius 3 is 2.65 bits per heavy atom. The highest BCUT2D eigenvalue weighted by molar-refractivity contribution is 5.09. The Morgan fingerprint density at radius 2 is 2.18 bits per heavy atom. The van der Waals surface area contributed by atoms with Gasteiger partial charge in [0.1, 0.15) is 0 Å². The predicted molar refractivity (Wildman–Crippen MR) is 69.9 cm³/mol. The van der Waals surface area contributed by atoms with Crippen molar-refractivity contribution in [3.8, 4) is 0 Å². The zero-order chi connectivity index (χ0) is 12.7. The molecule has 1 saturated carbocycles. The Balaban J connectivity index is 1.98. The number of aliphatic hydroxyl groups is 1. The molecule has 0 spiro atoms. The van der Waals surface area contributed by atoms with Gasteiger partial charge in [0, 0.05) is 0 Å². The van der Waals surface area contributed by atoms with Gasteiger partial charge in [-0.05, 0) is 58.3 Å². The summed E-state index contributed by atoms with van der Waals surface area (Å²) in [6.45, 7) is 9.05. The molecule has 1 N–H and O–H groups in total. The minimum absolute atomic E-state index is 0.0542. The summed E-state index contributed by atoms with van der Waals surface area (Å²) < 4.78 is 6.37. The number of allylic oxidation sites excluding steroid dienone is 1. The normalized spacial score (nSPS) is 45.6. The van der Waals surface area contributed by atoms with E-state index in [1.165, 1.54) is 12.8 Å². The monoisotopic (exact) mass is 238 g/mol. The third-order valence-corrected chi connectivity index (χ3v) is 5.15. The Kier molecular flexibility index (Phi) is 3.39. The molecule has 17 heavy (non-hydrogen) atoms. The molecule has 1 aliphatic carbocycles. The van der Waals surface area contributed by atoms with Gasteiger partial charge in [0.25, 0.3) is 0 Å². The molecule has 0 amide bonds. The topological polar surface area (TPSA) is 29.5 Å². The van der Waals surface area contributed by atoms with Crippen LogP contribution in [0.5, 0.6) is 0 Å². The molecule has 2 nitrogen and oxygen atoms in total. The molecule has 1 heterocycles. The number of hydrogen-bond donors (Lipinski definition) is 1. The molecule has 98 valence electrons. The molecule has 2 fully saturated rings. The molecule has 2 bridgehead atoms. The summed E-state index contributed by atoms with van der Waals surface area (Å²) in [5.74, 6) is 1.41. The second-order valence-electron chi connectivity index (χ2n) is 6.41. The molecule has 1 aliphatic heterocycles. The van der Waals surface area contributed by atoms with E-state index in [2.05, 4.69) is 26.8 Å². The lowest BCUT2D eigenvalue weighted by molar-refractivity contribution is -0.127. The lowest BCUT2D eigenvalue weighted by Crippen LogP contribution is -2.38. The van der Waals surface area contributed by atoms with Crippen LogP contribution in [-0.2, 0) is 4.74 Å². The third kappa shape index (κ3) is 2.17. The van der Waals surface area contributed by atoms with Crippen LogP contribution in [0.15, 0.2) is 11.6 Å². The molecule has 0 aromatic rings. The van der Waals surface area contributed by atoms with Crippen molar-refractivity contribution in [2.45, 2.75) is 64.6 Å². The highest BCUT2D eigenvalue weighted by Gasteiger charge is 2.59. The van der Waals surface area contributed by atoms with Crippen molar-refractivity contribution in [3.63, 3.8) is 0 Å². The first-order valence-corrected chi connectivity index (χ1v) is 6.88. The maximum absolute atomic E-state index is 8.98. The van der Waals surface area contributed by atoms with Crippen LogP contribution in [0.2, 0.25) is 0 Å². The van der Waals surface area contributed by atoms with Crippen molar-refractivity contribution in [1.29, 1.82) is 0 Å². The Bertz CT molecular complexity index is 323. The summed E-state index contributed by atoms with van der Waals surface area (Å²) in [5.41, 5.74) is 1.24. The van der Waals surface area contributed by atoms with E-state index in [-0.39, 0.29) is 17.8 Å². The molecule has 0 aromatic heterocycles. The Hall–Kier alpha value is -0.340. The zero-order valence-corrected chi connectivity index (χ0v) is 11.6. The van der Waals surface area contributed by atoms with Crippen LogP contribution >= 0.6 is 0 Å². The van der Waals surface area contributed by atoms with Crippen LogP contribution in [0.4, 0.5) is 0 Å². The van der Waals surface area contributed by atoms with E-state index < -0.39 is 0 Å². The van der Waals surface area contributed by atoms with E-state index in [0.29, 0.717) is 5.92 Å². The quantitative estimate of drug-likeness (QED) is 0.761. The largest absolute Gasteiger partial charge is 0.392 e. The average molecular weight is 238 g/mol. The molecule has 2 aliphatic rings. The fourth-order valence-corrected chi connectivity index (χ4v) is 3.84. The van der Waals surface area contributed by atoms with Gasteiger partial charge in [-0.25, -0.2) is 0 Å². The Labute approximate surface area is 105 Å². The summed E-state index contributed by atoms with van der Waals surface area (Å²) in [7, 11) is 0. The maximum Gasteiger partial charge on any atom is 0.0696 e. The highest BCUT2D eigenvalue weighted by atomic mass is 16.5. The zero-order valence-electron chi connectivity index (χ0n) is 11.6. The molecule has 0 radical (unpaired) electrons. The highest BCUT2D eigenvalue weighted by Crippen LogP contribution is 2.58. The fraction of sp³-hybridized carbons (Fsp3) is 0.867. The SMILES string of the molecule is C/C(=C/CC[C@@]1(C)O[C@@]2(C)CC[C@@H]1C2C)CO. The maximum atomic E-state index is 8.98. The van der Waals surface area contributed by atoms with Crippen LogP contribution in [0, 0.1) is 11.8 Å². The second kappa shape index (κ2) is 4.40. The number of aliphatic hydroxyl groups excluding tert-OH is 1. The molecule has 2 heteroatoms. The van der Waals surface area contributed by atoms with E-state index in [1.54, 1.807) is 0 Å². The van der Waals surface area contributed by atoms with E-state index in [9.17, 15) is 0 Å². The minimum atomic E-state index is 0.0542. The first-order valence-electron chi connectivity index (χ1n) is 6.88. The lowest BCUT2D eigenvalue weighted by Gasteiger charge is -2.37. The molecule has 1 saturated heterocycles. The van der Waals surface area contributed by atoms with Crippen molar-refractivity contribution in [3.05, 3.63) is 11.6 Å². The fourth-order valence-electron chi connectivity index (χ4n) is 3.84. The molecule has 2 rings (SSSR count). The summed E-state index contributed by atoms with van der Waals surface area (Å²) >= 11 is 0. The van der Waals surface area contributed by atoms with Gasteiger partial charge in [-0.15, -0.1) is 0 Å². The number of hydrogen-bond acceptors (Lipinski definition) is 2. The van der Waals surface area contributed by atoms with Gasteiger partial charge in [0.05, 0.1) is 17.8 Å². The van der Waals surface area contributed by atoms with Crippen LogP contribution < -0.4 is 0 Å². The van der Waals surface area contributed by atoms with E-state index in [1.807, 2.05) is 6.92 Å². The lowest BCUT2D eigenvalue weighted by atomic mass is 9.80. The van der Waals surface area contributed by atoms with Crippen molar-refractivity contribution in [1.82, 2.24) is 0 Å². The van der Waals surface area contributed by atoms with Crippen LogP contribution in [0.3, 0.4) is 0 Å². The minimum Gasteiger partial charge on any atom is -0.392 e. The van der Waals surface area contributed by atoms with Crippen molar-refractivity contribution < 1.29 is 9.84 Å². The summed E-state index contributed by atoms with van der Waals surface area (Å²) in [6, 6.07) is 0. The average Bonchev–Trinajstić information content (AvgIpc) is 2.64. The first kappa shape index (κ1) is 13.1. The standard InChI is InChI=1S/C15H26O2/c1-11(10-16)6-5-8-15(4)13-7-9-14(3,17-15)12(13)2/h6,12-13,16H,5,7-10H2,1-4H3/b11-6-/t12?,13-,14+,15-/m1/s1. The van der Waals surface area contributed by atoms with Crippen molar-refractivity contribution in [2.24, 2.45) is 11.8 Å². The molecular weight excluding hydrogens is 212 g/mol. The first-order chi connectivity index (χ1) is 7.91. The van der Waals surface area contributed by atoms with Gasteiger partial charge < -0.3 is 9.84 Å². The third-order valence-electron chi connectivity index (χ3n) is 5.15. The van der Waals surface area contributed by atoms with Gasteiger partial charge in [-0.3, -0.25) is 0 Å². The molecule has 4 atom stereocenters. The van der Waals surface area contributed by atoms with Crippen LogP contribution in [0.25, 0.3) is 0 Å². The number of fused-ring (bicyclic) bond motifs is 2. The molecule has 1 unspecified atom stereocenters. The number of rotatable bonds is 4. The predicted octanol–water partition coefficient (Wildman–Crippen LogP) is 3.30. The van der Waals surface area contributed by atoms with Gasteiger partial charge in [0.15, 0.2) is 0 Å². The van der Waals surface area contributed by atoms with Crippen LogP contribution in [0.1, 0.15) is 53.4 Å². The van der Waals surface area contributed by atoms with E-state index in [0.717, 1.165) is 24.3 Å². The van der Waals surface area contributed by atoms with Gasteiger partial charge in [-0.1, -0.05) is 18.6 Å². The summed E-state index contributed by atoms with van der Waals surface area (Å²) in [6.07, 6.45) is 6.78.